The highest BCUT2D eigenvalue weighted by Gasteiger charge is 2.05. The number of hydrogen-bond acceptors (Lipinski definition) is 2. The average molecular weight is 263 g/mol. The minimum Gasteiger partial charge on any atom is -0.494 e. The molecular weight excluding hydrogens is 234 g/mol. The van der Waals surface area contributed by atoms with Gasteiger partial charge in [0.2, 0.25) is 0 Å². The highest BCUT2D eigenvalue weighted by molar-refractivity contribution is 5.27. The molecule has 0 radical (unpaired) electrons. The molecule has 0 aromatic heterocycles. The third-order valence-electron chi connectivity index (χ3n) is 3.62. The van der Waals surface area contributed by atoms with Crippen LogP contribution in [-0.2, 0) is 6.54 Å². The molecule has 2 nitrogen and oxygen atoms in total. The van der Waals surface area contributed by atoms with E-state index in [2.05, 4.69) is 57.3 Å². The van der Waals surface area contributed by atoms with Crippen molar-refractivity contribution in [2.45, 2.75) is 47.1 Å². The van der Waals surface area contributed by atoms with Gasteiger partial charge in [0.1, 0.15) is 5.75 Å². The lowest BCUT2D eigenvalue weighted by Crippen LogP contribution is -2.23. The summed E-state index contributed by atoms with van der Waals surface area (Å²) in [5.41, 5.74) is 1.32. The molecular formula is C17H29NO. The number of unbranched alkanes of at least 4 members (excludes halogenated alkanes) is 1. The summed E-state index contributed by atoms with van der Waals surface area (Å²) in [6, 6.07) is 8.43. The first-order valence-corrected chi connectivity index (χ1v) is 7.56. The van der Waals surface area contributed by atoms with E-state index in [-0.39, 0.29) is 0 Å². The van der Waals surface area contributed by atoms with Crippen LogP contribution >= 0.6 is 0 Å². The molecule has 1 N–H and O–H groups in total. The van der Waals surface area contributed by atoms with Crippen molar-refractivity contribution < 1.29 is 4.74 Å². The van der Waals surface area contributed by atoms with E-state index < -0.39 is 0 Å². The van der Waals surface area contributed by atoms with E-state index in [1.54, 1.807) is 0 Å². The zero-order valence-corrected chi connectivity index (χ0v) is 12.9. The van der Waals surface area contributed by atoms with Crippen LogP contribution in [0.1, 0.15) is 46.1 Å². The summed E-state index contributed by atoms with van der Waals surface area (Å²) in [6.07, 6.45) is 2.30. The Bertz CT molecular complexity index is 332. The van der Waals surface area contributed by atoms with Crippen LogP contribution in [-0.4, -0.2) is 13.2 Å². The van der Waals surface area contributed by atoms with Gasteiger partial charge in [0.25, 0.3) is 0 Å². The van der Waals surface area contributed by atoms with E-state index >= 15 is 0 Å². The van der Waals surface area contributed by atoms with Crippen LogP contribution in [0.2, 0.25) is 0 Å². The van der Waals surface area contributed by atoms with Gasteiger partial charge in [-0.2, -0.15) is 0 Å². The lowest BCUT2D eigenvalue weighted by atomic mass is 9.98. The Kier molecular flexibility index (Phi) is 7.57. The van der Waals surface area contributed by atoms with Gasteiger partial charge >= 0.3 is 0 Å². The van der Waals surface area contributed by atoms with E-state index in [0.717, 1.165) is 43.7 Å². The zero-order valence-electron chi connectivity index (χ0n) is 12.9. The Morgan fingerprint density at radius 1 is 1.11 bits per heavy atom. The number of benzene rings is 1. The molecule has 19 heavy (non-hydrogen) atoms. The number of nitrogens with one attached hydrogen (secondary N) is 1. The molecule has 1 aromatic carbocycles. The van der Waals surface area contributed by atoms with Crippen LogP contribution in [0.4, 0.5) is 0 Å². The first kappa shape index (κ1) is 16.0. The lowest BCUT2D eigenvalue weighted by Gasteiger charge is -2.16. The van der Waals surface area contributed by atoms with Gasteiger partial charge < -0.3 is 10.1 Å². The second kappa shape index (κ2) is 8.98. The first-order chi connectivity index (χ1) is 9.13. The molecule has 0 amide bonds. The van der Waals surface area contributed by atoms with Crippen molar-refractivity contribution in [2.24, 2.45) is 11.8 Å². The first-order valence-electron chi connectivity index (χ1n) is 7.56. The van der Waals surface area contributed by atoms with E-state index in [9.17, 15) is 0 Å². The maximum Gasteiger partial charge on any atom is 0.119 e. The molecule has 0 heterocycles. The molecule has 2 heteroatoms. The van der Waals surface area contributed by atoms with Gasteiger partial charge in [-0.25, -0.2) is 0 Å². The van der Waals surface area contributed by atoms with Gasteiger partial charge in [0.05, 0.1) is 6.61 Å². The average Bonchev–Trinajstić information content (AvgIpc) is 2.40. The van der Waals surface area contributed by atoms with Crippen molar-refractivity contribution in [1.82, 2.24) is 5.32 Å². The topological polar surface area (TPSA) is 21.3 Å². The molecule has 1 rings (SSSR count). The minimum absolute atomic E-state index is 0.719. The molecule has 0 bridgehead atoms. The van der Waals surface area contributed by atoms with E-state index in [4.69, 9.17) is 4.74 Å². The summed E-state index contributed by atoms with van der Waals surface area (Å²) in [4.78, 5) is 0. The third-order valence-corrected chi connectivity index (χ3v) is 3.62. The standard InChI is InChI=1S/C17H29NO/c1-5-6-11-19-17-9-7-16(8-10-17)13-18-12-15(4)14(2)3/h7-10,14-15,18H,5-6,11-13H2,1-4H3. The van der Waals surface area contributed by atoms with Crippen molar-refractivity contribution in [3.8, 4) is 5.75 Å². The van der Waals surface area contributed by atoms with Crippen LogP contribution in [0, 0.1) is 11.8 Å². The Labute approximate surface area is 118 Å². The van der Waals surface area contributed by atoms with Gasteiger partial charge in [0.15, 0.2) is 0 Å². The largest absolute Gasteiger partial charge is 0.494 e. The second-order valence-electron chi connectivity index (χ2n) is 5.70. The predicted octanol–water partition coefficient (Wildman–Crippen LogP) is 4.25. The molecule has 0 aliphatic carbocycles. The number of hydrogen-bond donors (Lipinski definition) is 1. The maximum atomic E-state index is 5.66. The summed E-state index contributed by atoms with van der Waals surface area (Å²) in [6.45, 7) is 11.8. The summed E-state index contributed by atoms with van der Waals surface area (Å²) < 4.78 is 5.66. The quantitative estimate of drug-likeness (QED) is 0.673. The highest BCUT2D eigenvalue weighted by atomic mass is 16.5. The fraction of sp³-hybridized carbons (Fsp3) is 0.647. The highest BCUT2D eigenvalue weighted by Crippen LogP contribution is 2.13. The van der Waals surface area contributed by atoms with Crippen molar-refractivity contribution in [1.29, 1.82) is 0 Å². The van der Waals surface area contributed by atoms with Crippen molar-refractivity contribution in [3.05, 3.63) is 29.8 Å². The monoisotopic (exact) mass is 263 g/mol. The van der Waals surface area contributed by atoms with Crippen LogP contribution in [0.25, 0.3) is 0 Å². The Hall–Kier alpha value is -1.02. The minimum atomic E-state index is 0.719. The molecule has 1 aromatic rings. The van der Waals surface area contributed by atoms with Crippen LogP contribution < -0.4 is 10.1 Å². The van der Waals surface area contributed by atoms with E-state index in [0.29, 0.717) is 0 Å². The normalized spacial score (nSPS) is 12.7. The molecule has 1 unspecified atom stereocenters. The van der Waals surface area contributed by atoms with E-state index in [1.807, 2.05) is 0 Å². The third kappa shape index (κ3) is 6.63. The molecule has 0 aliphatic rings. The Balaban J connectivity index is 2.28. The number of rotatable bonds is 9. The fourth-order valence-corrected chi connectivity index (χ4v) is 1.72. The predicted molar refractivity (Wildman–Crippen MR) is 82.6 cm³/mol. The molecule has 1 atom stereocenters. The number of ether oxygens (including phenoxy) is 1. The van der Waals surface area contributed by atoms with Crippen LogP contribution in [0.5, 0.6) is 5.75 Å². The molecule has 0 saturated carbocycles. The second-order valence-corrected chi connectivity index (χ2v) is 5.70. The Morgan fingerprint density at radius 2 is 1.79 bits per heavy atom. The maximum absolute atomic E-state index is 5.66. The van der Waals surface area contributed by atoms with Gasteiger partial charge in [-0.1, -0.05) is 46.2 Å². The molecule has 0 fully saturated rings. The van der Waals surface area contributed by atoms with Gasteiger partial charge in [-0.15, -0.1) is 0 Å². The van der Waals surface area contributed by atoms with Gasteiger partial charge in [0, 0.05) is 6.54 Å². The van der Waals surface area contributed by atoms with Gasteiger partial charge in [-0.3, -0.25) is 0 Å². The summed E-state index contributed by atoms with van der Waals surface area (Å²) in [5.74, 6) is 2.44. The van der Waals surface area contributed by atoms with Gasteiger partial charge in [-0.05, 0) is 42.5 Å². The van der Waals surface area contributed by atoms with Crippen molar-refractivity contribution in [3.63, 3.8) is 0 Å². The lowest BCUT2D eigenvalue weighted by molar-refractivity contribution is 0.309. The smallest absolute Gasteiger partial charge is 0.119 e. The summed E-state index contributed by atoms with van der Waals surface area (Å²) in [7, 11) is 0. The fourth-order valence-electron chi connectivity index (χ4n) is 1.72. The van der Waals surface area contributed by atoms with Crippen LogP contribution in [0.3, 0.4) is 0 Å². The molecule has 108 valence electrons. The molecule has 0 spiro atoms. The zero-order chi connectivity index (χ0) is 14.1. The molecule has 0 aliphatic heterocycles. The van der Waals surface area contributed by atoms with Crippen molar-refractivity contribution in [2.75, 3.05) is 13.2 Å². The molecule has 0 saturated heterocycles. The summed E-state index contributed by atoms with van der Waals surface area (Å²) >= 11 is 0. The van der Waals surface area contributed by atoms with E-state index in [1.165, 1.54) is 12.0 Å². The summed E-state index contributed by atoms with van der Waals surface area (Å²) in [5, 5.41) is 3.51. The van der Waals surface area contributed by atoms with Crippen molar-refractivity contribution >= 4 is 0 Å². The van der Waals surface area contributed by atoms with Crippen LogP contribution in [0.15, 0.2) is 24.3 Å². The Morgan fingerprint density at radius 3 is 2.37 bits per heavy atom. The SMILES string of the molecule is CCCCOc1ccc(CNCC(C)C(C)C)cc1.